The maximum absolute atomic E-state index is 13.3. The fraction of sp³-hybridized carbons (Fsp3) is 0.318. The molecule has 1 aliphatic heterocycles. The van der Waals surface area contributed by atoms with Gasteiger partial charge in [-0.3, -0.25) is 9.78 Å². The van der Waals surface area contributed by atoms with E-state index in [2.05, 4.69) is 35.5 Å². The molecule has 1 fully saturated rings. The lowest BCUT2D eigenvalue weighted by molar-refractivity contribution is -0.142. The van der Waals surface area contributed by atoms with Gasteiger partial charge >= 0.3 is 5.97 Å². The summed E-state index contributed by atoms with van der Waals surface area (Å²) in [6, 6.07) is 7.91. The van der Waals surface area contributed by atoms with E-state index in [0.717, 1.165) is 5.56 Å². The monoisotopic (exact) mass is 437 g/mol. The molecule has 1 aromatic carbocycles. The molecule has 2 aromatic heterocycles. The Morgan fingerprint density at radius 1 is 1.16 bits per heavy atom. The van der Waals surface area contributed by atoms with E-state index in [0.29, 0.717) is 49.3 Å². The van der Waals surface area contributed by atoms with Gasteiger partial charge in [0.2, 0.25) is 5.95 Å². The molecule has 1 atom stereocenters. The second-order valence-electron chi connectivity index (χ2n) is 7.67. The number of piperidine rings is 1. The third-order valence-corrected chi connectivity index (χ3v) is 5.42. The van der Waals surface area contributed by atoms with Crippen molar-refractivity contribution in [2.24, 2.45) is 5.92 Å². The molecule has 3 aromatic rings. The third-order valence-electron chi connectivity index (χ3n) is 5.42. The maximum atomic E-state index is 13.3. The van der Waals surface area contributed by atoms with Crippen LogP contribution in [0.15, 0.2) is 48.9 Å². The first-order chi connectivity index (χ1) is 15.5. The number of carboxylic acids is 1. The van der Waals surface area contributed by atoms with E-state index >= 15 is 0 Å². The third kappa shape index (κ3) is 5.26. The highest BCUT2D eigenvalue weighted by molar-refractivity contribution is 5.70. The molecule has 166 valence electrons. The van der Waals surface area contributed by atoms with Crippen molar-refractivity contribution in [2.75, 3.05) is 28.6 Å². The normalized spacial score (nSPS) is 15.2. The average molecular weight is 437 g/mol. The number of hydrogen-bond donors (Lipinski definition) is 3. The van der Waals surface area contributed by atoms with E-state index in [1.165, 1.54) is 12.1 Å². The van der Waals surface area contributed by atoms with Crippen molar-refractivity contribution < 1.29 is 14.3 Å². The Kier molecular flexibility index (Phi) is 6.39. The zero-order valence-electron chi connectivity index (χ0n) is 17.6. The summed E-state index contributed by atoms with van der Waals surface area (Å²) in [6.45, 7) is 3.12. The van der Waals surface area contributed by atoms with Crippen LogP contribution in [0.3, 0.4) is 0 Å². The Labute approximate surface area is 184 Å². The molecule has 3 N–H and O–H groups in total. The topological polar surface area (TPSA) is 116 Å². The van der Waals surface area contributed by atoms with Gasteiger partial charge in [-0.25, -0.2) is 9.37 Å². The van der Waals surface area contributed by atoms with Crippen LogP contribution in [0.5, 0.6) is 0 Å². The summed E-state index contributed by atoms with van der Waals surface area (Å²) in [5.41, 5.74) is 0.895. The second kappa shape index (κ2) is 9.54. The summed E-state index contributed by atoms with van der Waals surface area (Å²) in [5, 5.41) is 15.7. The van der Waals surface area contributed by atoms with Gasteiger partial charge in [-0.15, -0.1) is 0 Å². The maximum Gasteiger partial charge on any atom is 0.306 e. The van der Waals surface area contributed by atoms with Crippen molar-refractivity contribution in [3.05, 3.63) is 60.3 Å². The number of carbonyl (C=O) groups is 1. The summed E-state index contributed by atoms with van der Waals surface area (Å²) < 4.78 is 13.3. The number of carboxylic acid groups (broad SMARTS) is 1. The van der Waals surface area contributed by atoms with Crippen LogP contribution in [-0.4, -0.2) is 44.1 Å². The number of anilines is 4. The van der Waals surface area contributed by atoms with E-state index in [-0.39, 0.29) is 17.8 Å². The Hall–Kier alpha value is -3.82. The molecule has 0 bridgehead atoms. The zero-order valence-corrected chi connectivity index (χ0v) is 17.6. The second-order valence-corrected chi connectivity index (χ2v) is 7.67. The minimum atomic E-state index is -0.757. The molecule has 32 heavy (non-hydrogen) atoms. The summed E-state index contributed by atoms with van der Waals surface area (Å²) in [5.74, 6) is 0.771. The standard InChI is InChI=1S/C22H24FN7O2/c1-14(15-2-4-17(23)5-3-15)26-22-28-18(27-19-13-24-8-9-25-19)12-20(29-22)30-10-6-16(7-11-30)21(31)32/h2-5,8-9,12-14,16H,6-7,10-11H2,1H3,(H,31,32)(H2,25,26,27,28,29). The Bertz CT molecular complexity index is 1060. The fourth-order valence-corrected chi connectivity index (χ4v) is 3.60. The molecule has 1 unspecified atom stereocenters. The predicted molar refractivity (Wildman–Crippen MR) is 118 cm³/mol. The van der Waals surface area contributed by atoms with Crippen molar-refractivity contribution in [1.82, 2.24) is 19.9 Å². The van der Waals surface area contributed by atoms with Crippen LogP contribution in [0, 0.1) is 11.7 Å². The van der Waals surface area contributed by atoms with Gasteiger partial charge in [0.1, 0.15) is 23.3 Å². The number of aliphatic carboxylic acids is 1. The number of hydrogen-bond acceptors (Lipinski definition) is 8. The van der Waals surface area contributed by atoms with Crippen LogP contribution < -0.4 is 15.5 Å². The van der Waals surface area contributed by atoms with Crippen LogP contribution in [0.4, 0.5) is 27.8 Å². The minimum absolute atomic E-state index is 0.159. The van der Waals surface area contributed by atoms with Gasteiger partial charge in [0, 0.05) is 31.5 Å². The van der Waals surface area contributed by atoms with Gasteiger partial charge in [-0.2, -0.15) is 9.97 Å². The first kappa shape index (κ1) is 21.4. The molecule has 4 rings (SSSR count). The van der Waals surface area contributed by atoms with Crippen molar-refractivity contribution >= 4 is 29.4 Å². The molecule has 3 heterocycles. The molecular formula is C22H24FN7O2. The highest BCUT2D eigenvalue weighted by Crippen LogP contribution is 2.27. The van der Waals surface area contributed by atoms with Gasteiger partial charge in [0.15, 0.2) is 0 Å². The predicted octanol–water partition coefficient (Wildman–Crippen LogP) is 3.62. The fourth-order valence-electron chi connectivity index (χ4n) is 3.60. The van der Waals surface area contributed by atoms with Gasteiger partial charge in [-0.1, -0.05) is 12.1 Å². The van der Waals surface area contributed by atoms with E-state index in [1.54, 1.807) is 30.7 Å². The van der Waals surface area contributed by atoms with Gasteiger partial charge in [-0.05, 0) is 37.5 Å². The molecule has 1 aliphatic rings. The molecule has 0 spiro atoms. The van der Waals surface area contributed by atoms with E-state index < -0.39 is 5.97 Å². The SMILES string of the molecule is CC(Nc1nc(Nc2cnccn2)cc(N2CCC(C(=O)O)CC2)n1)c1ccc(F)cc1. The van der Waals surface area contributed by atoms with Crippen molar-refractivity contribution in [3.63, 3.8) is 0 Å². The molecule has 1 saturated heterocycles. The lowest BCUT2D eigenvalue weighted by atomic mass is 9.97. The lowest BCUT2D eigenvalue weighted by Crippen LogP contribution is -2.37. The van der Waals surface area contributed by atoms with Crippen LogP contribution >= 0.6 is 0 Å². The van der Waals surface area contributed by atoms with E-state index in [1.807, 2.05) is 13.0 Å². The first-order valence-electron chi connectivity index (χ1n) is 10.4. The summed E-state index contributed by atoms with van der Waals surface area (Å²) in [7, 11) is 0. The molecule has 10 heteroatoms. The highest BCUT2D eigenvalue weighted by Gasteiger charge is 2.26. The number of rotatable bonds is 7. The van der Waals surface area contributed by atoms with Crippen LogP contribution in [0.1, 0.15) is 31.4 Å². The largest absolute Gasteiger partial charge is 0.481 e. The number of benzene rings is 1. The molecule has 0 saturated carbocycles. The van der Waals surface area contributed by atoms with Crippen LogP contribution in [0.2, 0.25) is 0 Å². The van der Waals surface area contributed by atoms with Gasteiger partial charge < -0.3 is 20.6 Å². The van der Waals surface area contributed by atoms with Crippen molar-refractivity contribution in [3.8, 4) is 0 Å². The average Bonchev–Trinajstić information content (AvgIpc) is 2.80. The number of aromatic nitrogens is 4. The summed E-state index contributed by atoms with van der Waals surface area (Å²) in [4.78, 5) is 30.8. The minimum Gasteiger partial charge on any atom is -0.481 e. The number of nitrogens with zero attached hydrogens (tertiary/aromatic N) is 5. The lowest BCUT2D eigenvalue weighted by Gasteiger charge is -2.31. The van der Waals surface area contributed by atoms with Gasteiger partial charge in [0.05, 0.1) is 18.2 Å². The summed E-state index contributed by atoms with van der Waals surface area (Å²) in [6.07, 6.45) is 5.87. The molecular weight excluding hydrogens is 413 g/mol. The van der Waals surface area contributed by atoms with E-state index in [4.69, 9.17) is 0 Å². The van der Waals surface area contributed by atoms with Crippen molar-refractivity contribution in [1.29, 1.82) is 0 Å². The number of nitrogens with one attached hydrogen (secondary N) is 2. The smallest absolute Gasteiger partial charge is 0.306 e. The first-order valence-corrected chi connectivity index (χ1v) is 10.4. The zero-order chi connectivity index (χ0) is 22.5. The number of halogens is 1. The highest BCUT2D eigenvalue weighted by atomic mass is 19.1. The quantitative estimate of drug-likeness (QED) is 0.509. The molecule has 0 radical (unpaired) electrons. The van der Waals surface area contributed by atoms with Gasteiger partial charge in [0.25, 0.3) is 0 Å². The Morgan fingerprint density at radius 2 is 1.91 bits per heavy atom. The molecule has 0 amide bonds. The van der Waals surface area contributed by atoms with Crippen LogP contribution in [0.25, 0.3) is 0 Å². The Morgan fingerprint density at radius 3 is 2.56 bits per heavy atom. The molecule has 0 aliphatic carbocycles. The van der Waals surface area contributed by atoms with Crippen LogP contribution in [-0.2, 0) is 4.79 Å². The van der Waals surface area contributed by atoms with Crippen molar-refractivity contribution in [2.45, 2.75) is 25.8 Å². The van der Waals surface area contributed by atoms with E-state index in [9.17, 15) is 14.3 Å². The Balaban J connectivity index is 1.58. The summed E-state index contributed by atoms with van der Waals surface area (Å²) >= 11 is 0. The molecule has 9 nitrogen and oxygen atoms in total.